The SMILES string of the molecule is C=CCc1ccccc1OCc1nnc(NC(=O)Cc2ccccc2)s1. The van der Waals surface area contributed by atoms with E-state index in [0.29, 0.717) is 23.2 Å². The smallest absolute Gasteiger partial charge is 0.230 e. The Labute approximate surface area is 156 Å². The predicted molar refractivity (Wildman–Crippen MR) is 103 cm³/mol. The third-order valence-electron chi connectivity index (χ3n) is 3.61. The first kappa shape index (κ1) is 17.8. The van der Waals surface area contributed by atoms with E-state index < -0.39 is 0 Å². The van der Waals surface area contributed by atoms with Gasteiger partial charge in [0.15, 0.2) is 5.01 Å². The number of nitrogens with one attached hydrogen (secondary N) is 1. The summed E-state index contributed by atoms with van der Waals surface area (Å²) in [5, 5.41) is 12.0. The predicted octanol–water partition coefficient (Wildman–Crippen LogP) is 4.03. The molecule has 0 bridgehead atoms. The highest BCUT2D eigenvalue weighted by molar-refractivity contribution is 7.15. The van der Waals surface area contributed by atoms with Crippen LogP contribution < -0.4 is 10.1 Å². The van der Waals surface area contributed by atoms with Crippen LogP contribution in [0.4, 0.5) is 5.13 Å². The van der Waals surface area contributed by atoms with E-state index in [4.69, 9.17) is 4.74 Å². The van der Waals surface area contributed by atoms with Gasteiger partial charge in [-0.15, -0.1) is 16.8 Å². The fraction of sp³-hybridized carbons (Fsp3) is 0.150. The summed E-state index contributed by atoms with van der Waals surface area (Å²) in [6, 6.07) is 17.4. The van der Waals surface area contributed by atoms with Gasteiger partial charge in [0.05, 0.1) is 6.42 Å². The molecular weight excluding hydrogens is 346 g/mol. The Balaban J connectivity index is 1.55. The number of aromatic nitrogens is 2. The van der Waals surface area contributed by atoms with Crippen molar-refractivity contribution in [1.82, 2.24) is 10.2 Å². The molecule has 5 nitrogen and oxygen atoms in total. The molecule has 1 heterocycles. The second-order valence-electron chi connectivity index (χ2n) is 5.60. The molecule has 0 aliphatic heterocycles. The molecule has 0 radical (unpaired) electrons. The van der Waals surface area contributed by atoms with E-state index in [1.807, 2.05) is 60.7 Å². The molecule has 0 aliphatic rings. The molecule has 132 valence electrons. The van der Waals surface area contributed by atoms with E-state index in [-0.39, 0.29) is 5.91 Å². The molecule has 1 N–H and O–H groups in total. The number of ether oxygens (including phenoxy) is 1. The lowest BCUT2D eigenvalue weighted by Gasteiger charge is -2.08. The van der Waals surface area contributed by atoms with Crippen molar-refractivity contribution in [2.45, 2.75) is 19.4 Å². The molecule has 0 aliphatic carbocycles. The van der Waals surface area contributed by atoms with Crippen LogP contribution in [-0.4, -0.2) is 16.1 Å². The van der Waals surface area contributed by atoms with Crippen LogP contribution in [0.1, 0.15) is 16.1 Å². The zero-order valence-corrected chi connectivity index (χ0v) is 15.0. The van der Waals surface area contributed by atoms with Gasteiger partial charge in [0.2, 0.25) is 11.0 Å². The standard InChI is InChI=1S/C20H19N3O2S/c1-2-8-16-11-6-7-12-17(16)25-14-19-22-23-20(26-19)21-18(24)13-15-9-4-3-5-10-15/h2-7,9-12H,1,8,13-14H2,(H,21,23,24). The summed E-state index contributed by atoms with van der Waals surface area (Å²) in [7, 11) is 0. The van der Waals surface area contributed by atoms with E-state index in [1.165, 1.54) is 11.3 Å². The molecule has 1 aromatic heterocycles. The maximum absolute atomic E-state index is 12.1. The second-order valence-corrected chi connectivity index (χ2v) is 6.66. The first-order chi connectivity index (χ1) is 12.7. The van der Waals surface area contributed by atoms with Crippen LogP contribution in [0.15, 0.2) is 67.3 Å². The molecular formula is C20H19N3O2S. The number of carbonyl (C=O) groups is 1. The van der Waals surface area contributed by atoms with Crippen LogP contribution in [0.25, 0.3) is 0 Å². The van der Waals surface area contributed by atoms with Gasteiger partial charge in [-0.25, -0.2) is 0 Å². The third-order valence-corrected chi connectivity index (χ3v) is 4.42. The zero-order chi connectivity index (χ0) is 18.2. The minimum Gasteiger partial charge on any atom is -0.486 e. The molecule has 0 unspecified atom stereocenters. The summed E-state index contributed by atoms with van der Waals surface area (Å²) in [6.45, 7) is 4.07. The lowest BCUT2D eigenvalue weighted by molar-refractivity contribution is -0.115. The third kappa shape index (κ3) is 5.00. The monoisotopic (exact) mass is 365 g/mol. The van der Waals surface area contributed by atoms with E-state index in [0.717, 1.165) is 23.3 Å². The molecule has 6 heteroatoms. The molecule has 2 aromatic carbocycles. The van der Waals surface area contributed by atoms with Crippen molar-refractivity contribution < 1.29 is 9.53 Å². The minimum absolute atomic E-state index is 0.115. The van der Waals surface area contributed by atoms with Crippen molar-refractivity contribution in [3.05, 3.63) is 83.4 Å². The Morgan fingerprint density at radius 1 is 1.12 bits per heavy atom. The van der Waals surface area contributed by atoms with Crippen molar-refractivity contribution in [2.24, 2.45) is 0 Å². The maximum atomic E-state index is 12.1. The first-order valence-electron chi connectivity index (χ1n) is 8.22. The topological polar surface area (TPSA) is 64.1 Å². The number of nitrogens with zero attached hydrogens (tertiary/aromatic N) is 2. The molecule has 3 rings (SSSR count). The van der Waals surface area contributed by atoms with Crippen LogP contribution in [0.2, 0.25) is 0 Å². The van der Waals surface area contributed by atoms with E-state index in [9.17, 15) is 4.79 Å². The Bertz CT molecular complexity index is 878. The number of carbonyl (C=O) groups excluding carboxylic acids is 1. The minimum atomic E-state index is -0.115. The fourth-order valence-electron chi connectivity index (χ4n) is 2.42. The Morgan fingerprint density at radius 3 is 2.69 bits per heavy atom. The van der Waals surface area contributed by atoms with Gasteiger partial charge in [-0.1, -0.05) is 65.9 Å². The van der Waals surface area contributed by atoms with Gasteiger partial charge < -0.3 is 10.1 Å². The van der Waals surface area contributed by atoms with Crippen molar-refractivity contribution in [2.75, 3.05) is 5.32 Å². The lowest BCUT2D eigenvalue weighted by Crippen LogP contribution is -2.14. The summed E-state index contributed by atoms with van der Waals surface area (Å²) in [4.78, 5) is 12.1. The van der Waals surface area contributed by atoms with Crippen LogP contribution in [-0.2, 0) is 24.2 Å². The van der Waals surface area contributed by atoms with Crippen LogP contribution in [0.3, 0.4) is 0 Å². The number of hydrogen-bond donors (Lipinski definition) is 1. The number of allylic oxidation sites excluding steroid dienone is 1. The average Bonchev–Trinajstić information content (AvgIpc) is 3.09. The number of rotatable bonds is 8. The normalized spacial score (nSPS) is 10.3. The molecule has 1 amide bonds. The Hall–Kier alpha value is -2.99. The van der Waals surface area contributed by atoms with Crippen molar-refractivity contribution in [3.8, 4) is 5.75 Å². The molecule has 0 atom stereocenters. The van der Waals surface area contributed by atoms with E-state index >= 15 is 0 Å². The van der Waals surface area contributed by atoms with Gasteiger partial charge in [0.25, 0.3) is 0 Å². The number of anilines is 1. The summed E-state index contributed by atoms with van der Waals surface area (Å²) in [6.07, 6.45) is 2.89. The van der Waals surface area contributed by atoms with Gasteiger partial charge in [-0.3, -0.25) is 4.79 Å². The average molecular weight is 365 g/mol. The van der Waals surface area contributed by atoms with Crippen molar-refractivity contribution in [3.63, 3.8) is 0 Å². The Kier molecular flexibility index (Phi) is 6.11. The highest BCUT2D eigenvalue weighted by Gasteiger charge is 2.10. The van der Waals surface area contributed by atoms with Gasteiger partial charge in [0.1, 0.15) is 12.4 Å². The fourth-order valence-corrected chi connectivity index (χ4v) is 3.08. The number of benzene rings is 2. The number of hydrogen-bond acceptors (Lipinski definition) is 5. The summed E-state index contributed by atoms with van der Waals surface area (Å²) in [5.41, 5.74) is 2.03. The Morgan fingerprint density at radius 2 is 1.88 bits per heavy atom. The van der Waals surface area contributed by atoms with Gasteiger partial charge in [-0.2, -0.15) is 0 Å². The van der Waals surface area contributed by atoms with Crippen LogP contribution in [0.5, 0.6) is 5.75 Å². The van der Waals surface area contributed by atoms with Gasteiger partial charge >= 0.3 is 0 Å². The van der Waals surface area contributed by atoms with Crippen LogP contribution >= 0.6 is 11.3 Å². The molecule has 0 saturated carbocycles. The lowest BCUT2D eigenvalue weighted by atomic mass is 10.1. The van der Waals surface area contributed by atoms with Crippen molar-refractivity contribution >= 4 is 22.4 Å². The van der Waals surface area contributed by atoms with Crippen LogP contribution in [0, 0.1) is 0 Å². The van der Waals surface area contributed by atoms with Gasteiger partial charge in [0, 0.05) is 0 Å². The summed E-state index contributed by atoms with van der Waals surface area (Å²) < 4.78 is 5.84. The number of para-hydroxylation sites is 1. The molecule has 3 aromatic rings. The molecule has 0 spiro atoms. The molecule has 0 fully saturated rings. The highest BCUT2D eigenvalue weighted by atomic mass is 32.1. The maximum Gasteiger partial charge on any atom is 0.230 e. The van der Waals surface area contributed by atoms with E-state index in [1.54, 1.807) is 0 Å². The molecule has 26 heavy (non-hydrogen) atoms. The van der Waals surface area contributed by atoms with E-state index in [2.05, 4.69) is 22.1 Å². The largest absolute Gasteiger partial charge is 0.486 e. The summed E-state index contributed by atoms with van der Waals surface area (Å²) in [5.74, 6) is 0.688. The highest BCUT2D eigenvalue weighted by Crippen LogP contribution is 2.22. The second kappa shape index (κ2) is 8.92. The molecule has 0 saturated heterocycles. The first-order valence-corrected chi connectivity index (χ1v) is 9.04. The zero-order valence-electron chi connectivity index (χ0n) is 14.2. The number of amides is 1. The summed E-state index contributed by atoms with van der Waals surface area (Å²) >= 11 is 1.31. The quantitative estimate of drug-likeness (QED) is 0.612. The van der Waals surface area contributed by atoms with Crippen molar-refractivity contribution in [1.29, 1.82) is 0 Å². The van der Waals surface area contributed by atoms with Gasteiger partial charge in [-0.05, 0) is 23.6 Å².